The molecule has 1 unspecified atom stereocenters. The van der Waals surface area contributed by atoms with Gasteiger partial charge in [0.2, 0.25) is 0 Å². The Balaban J connectivity index is 2.38. The van der Waals surface area contributed by atoms with Crippen molar-refractivity contribution >= 4 is 11.5 Å². The molecule has 0 aliphatic heterocycles. The summed E-state index contributed by atoms with van der Waals surface area (Å²) in [5.74, 6) is -0.431. The highest BCUT2D eigenvalue weighted by Crippen LogP contribution is 2.32. The maximum Gasteiger partial charge on any atom is 0.171 e. The summed E-state index contributed by atoms with van der Waals surface area (Å²) in [4.78, 5) is 0.592. The van der Waals surface area contributed by atoms with Gasteiger partial charge in [-0.1, -0.05) is 30.0 Å². The Morgan fingerprint density at radius 1 is 1.47 bits per heavy atom. The molecular weight excluding hydrogens is 267 g/mol. The summed E-state index contributed by atoms with van der Waals surface area (Å²) in [6, 6.07) is 4.70. The molecule has 0 saturated heterocycles. The second-order valence-corrected chi connectivity index (χ2v) is 4.89. The van der Waals surface area contributed by atoms with Crippen LogP contribution < -0.4 is 4.74 Å². The van der Waals surface area contributed by atoms with Crippen molar-refractivity contribution in [3.05, 3.63) is 40.2 Å². The third-order valence-corrected chi connectivity index (χ3v) is 3.65. The van der Waals surface area contributed by atoms with Gasteiger partial charge in [-0.05, 0) is 24.0 Å². The third-order valence-electron chi connectivity index (χ3n) is 2.83. The maximum absolute atomic E-state index is 14.1. The second-order valence-electron chi connectivity index (χ2n) is 4.10. The molecule has 0 amide bonds. The summed E-state index contributed by atoms with van der Waals surface area (Å²) in [5, 5.41) is 14.3. The highest BCUT2D eigenvalue weighted by molar-refractivity contribution is 7.05. The zero-order chi connectivity index (χ0) is 13.8. The van der Waals surface area contributed by atoms with E-state index in [0.717, 1.165) is 23.6 Å². The molecule has 2 rings (SSSR count). The van der Waals surface area contributed by atoms with Crippen LogP contribution in [0.4, 0.5) is 4.39 Å². The molecule has 1 aromatic heterocycles. The Morgan fingerprint density at radius 3 is 2.95 bits per heavy atom. The highest BCUT2D eigenvalue weighted by atomic mass is 32.1. The van der Waals surface area contributed by atoms with E-state index in [-0.39, 0.29) is 11.3 Å². The zero-order valence-corrected chi connectivity index (χ0v) is 11.6. The number of rotatable bonds is 5. The molecule has 4 nitrogen and oxygen atoms in total. The van der Waals surface area contributed by atoms with Crippen LogP contribution in [0.15, 0.2) is 18.2 Å². The topological polar surface area (TPSA) is 55.2 Å². The van der Waals surface area contributed by atoms with Gasteiger partial charge in [0, 0.05) is 5.56 Å². The fourth-order valence-corrected chi connectivity index (χ4v) is 2.57. The molecule has 0 saturated carbocycles. The van der Waals surface area contributed by atoms with E-state index >= 15 is 0 Å². The van der Waals surface area contributed by atoms with Crippen LogP contribution in [-0.2, 0) is 6.42 Å². The first kappa shape index (κ1) is 13.9. The van der Waals surface area contributed by atoms with E-state index in [4.69, 9.17) is 4.74 Å². The molecule has 6 heteroatoms. The lowest BCUT2D eigenvalue weighted by Gasteiger charge is -2.12. The minimum absolute atomic E-state index is 0.117. The number of benzene rings is 1. The van der Waals surface area contributed by atoms with Gasteiger partial charge in [0.15, 0.2) is 11.6 Å². The van der Waals surface area contributed by atoms with Crippen LogP contribution in [0.3, 0.4) is 0 Å². The lowest BCUT2D eigenvalue weighted by Crippen LogP contribution is -2.05. The Labute approximate surface area is 115 Å². The number of aryl methyl sites for hydroxylation is 1. The maximum atomic E-state index is 14.1. The van der Waals surface area contributed by atoms with Crippen molar-refractivity contribution in [3.8, 4) is 5.75 Å². The van der Waals surface area contributed by atoms with Crippen molar-refractivity contribution in [3.63, 3.8) is 0 Å². The van der Waals surface area contributed by atoms with Crippen molar-refractivity contribution in [2.45, 2.75) is 25.9 Å². The van der Waals surface area contributed by atoms with E-state index in [0.29, 0.717) is 11.3 Å². The van der Waals surface area contributed by atoms with Crippen LogP contribution in [0, 0.1) is 5.82 Å². The molecule has 0 fully saturated rings. The Hall–Kier alpha value is -1.53. The molecular formula is C13H15FN2O2S. The number of hydrogen-bond donors (Lipinski definition) is 1. The van der Waals surface area contributed by atoms with Gasteiger partial charge in [-0.25, -0.2) is 4.39 Å². The molecule has 2 aromatic rings. The number of hydrogen-bond acceptors (Lipinski definition) is 5. The van der Waals surface area contributed by atoms with Crippen LogP contribution in [-0.4, -0.2) is 21.8 Å². The van der Waals surface area contributed by atoms with Crippen LogP contribution in [0.5, 0.6) is 5.75 Å². The first-order chi connectivity index (χ1) is 9.19. The SMILES string of the molecule is CCCc1nnsc1C(O)c1cccc(OC)c1F. The molecule has 1 N–H and O–H groups in total. The van der Waals surface area contributed by atoms with Gasteiger partial charge in [0.05, 0.1) is 17.7 Å². The molecule has 0 radical (unpaired) electrons. The number of aliphatic hydroxyl groups excluding tert-OH is 1. The van der Waals surface area contributed by atoms with Gasteiger partial charge >= 0.3 is 0 Å². The fraction of sp³-hybridized carbons (Fsp3) is 0.385. The van der Waals surface area contributed by atoms with Crippen LogP contribution in [0.2, 0.25) is 0 Å². The van der Waals surface area contributed by atoms with E-state index in [9.17, 15) is 9.50 Å². The average Bonchev–Trinajstić information content (AvgIpc) is 2.87. The largest absolute Gasteiger partial charge is 0.494 e. The number of methoxy groups -OCH3 is 1. The van der Waals surface area contributed by atoms with Crippen molar-refractivity contribution < 1.29 is 14.2 Å². The minimum Gasteiger partial charge on any atom is -0.494 e. The molecule has 0 spiro atoms. The molecule has 19 heavy (non-hydrogen) atoms. The summed E-state index contributed by atoms with van der Waals surface area (Å²) in [6.07, 6.45) is 0.553. The van der Waals surface area contributed by atoms with Gasteiger partial charge in [0.25, 0.3) is 0 Å². The quantitative estimate of drug-likeness (QED) is 0.916. The average molecular weight is 282 g/mol. The van der Waals surface area contributed by atoms with Gasteiger partial charge in [0.1, 0.15) is 6.10 Å². The second kappa shape index (κ2) is 6.08. The van der Waals surface area contributed by atoms with Crippen LogP contribution in [0.25, 0.3) is 0 Å². The Morgan fingerprint density at radius 2 is 2.26 bits per heavy atom. The summed E-state index contributed by atoms with van der Waals surface area (Å²) in [7, 11) is 1.39. The smallest absolute Gasteiger partial charge is 0.171 e. The van der Waals surface area contributed by atoms with E-state index < -0.39 is 11.9 Å². The summed E-state index contributed by atoms with van der Waals surface area (Å²) in [5.41, 5.74) is 0.907. The molecule has 0 aliphatic carbocycles. The van der Waals surface area contributed by atoms with E-state index in [2.05, 4.69) is 9.59 Å². The number of halogens is 1. The van der Waals surface area contributed by atoms with E-state index in [1.54, 1.807) is 6.07 Å². The predicted octanol–water partition coefficient (Wildman–Crippen LogP) is 2.72. The predicted molar refractivity (Wildman–Crippen MR) is 70.9 cm³/mol. The number of ether oxygens (including phenoxy) is 1. The molecule has 1 aromatic carbocycles. The summed E-state index contributed by atoms with van der Waals surface area (Å²) < 4.78 is 22.9. The van der Waals surface area contributed by atoms with Gasteiger partial charge in [-0.3, -0.25) is 0 Å². The standard InChI is InChI=1S/C13H15FN2O2S/c1-3-5-9-13(19-16-15-9)12(17)8-6-4-7-10(18-2)11(8)14/h4,6-7,12,17H,3,5H2,1-2H3. The zero-order valence-electron chi connectivity index (χ0n) is 10.8. The van der Waals surface area contributed by atoms with Crippen molar-refractivity contribution in [1.29, 1.82) is 0 Å². The molecule has 102 valence electrons. The molecule has 1 heterocycles. The lowest BCUT2D eigenvalue weighted by molar-refractivity contribution is 0.215. The van der Waals surface area contributed by atoms with E-state index in [1.165, 1.54) is 19.2 Å². The Bertz CT molecular complexity index is 559. The van der Waals surface area contributed by atoms with Gasteiger partial charge in [-0.2, -0.15) is 0 Å². The van der Waals surface area contributed by atoms with Crippen LogP contribution in [0.1, 0.15) is 35.6 Å². The normalized spacial score (nSPS) is 12.4. The van der Waals surface area contributed by atoms with Crippen molar-refractivity contribution in [2.75, 3.05) is 7.11 Å². The number of nitrogens with zero attached hydrogens (tertiary/aromatic N) is 2. The fourth-order valence-electron chi connectivity index (χ4n) is 1.87. The molecule has 0 bridgehead atoms. The highest BCUT2D eigenvalue weighted by Gasteiger charge is 2.22. The first-order valence-electron chi connectivity index (χ1n) is 6.00. The van der Waals surface area contributed by atoms with Gasteiger partial charge < -0.3 is 9.84 Å². The molecule has 1 atom stereocenters. The van der Waals surface area contributed by atoms with Gasteiger partial charge in [-0.15, -0.1) is 5.10 Å². The van der Waals surface area contributed by atoms with Crippen molar-refractivity contribution in [2.24, 2.45) is 0 Å². The van der Waals surface area contributed by atoms with E-state index in [1.807, 2.05) is 6.92 Å². The number of aromatic nitrogens is 2. The Kier molecular flexibility index (Phi) is 4.44. The number of aliphatic hydroxyl groups is 1. The summed E-state index contributed by atoms with van der Waals surface area (Å²) >= 11 is 1.10. The monoisotopic (exact) mass is 282 g/mol. The minimum atomic E-state index is -1.06. The third kappa shape index (κ3) is 2.74. The van der Waals surface area contributed by atoms with Crippen LogP contribution >= 0.6 is 11.5 Å². The lowest BCUT2D eigenvalue weighted by atomic mass is 10.0. The first-order valence-corrected chi connectivity index (χ1v) is 6.78. The summed E-state index contributed by atoms with van der Waals surface area (Å²) in [6.45, 7) is 2.02. The van der Waals surface area contributed by atoms with Crippen molar-refractivity contribution in [1.82, 2.24) is 9.59 Å². The molecule has 0 aliphatic rings.